The number of carbonyl (C=O) groups excluding carboxylic acids is 2. The Morgan fingerprint density at radius 2 is 1.92 bits per heavy atom. The van der Waals surface area contributed by atoms with E-state index in [0.717, 1.165) is 10.4 Å². The molecule has 25 heavy (non-hydrogen) atoms. The molecule has 0 aliphatic carbocycles. The van der Waals surface area contributed by atoms with Gasteiger partial charge in [-0.1, -0.05) is 6.07 Å². The standard InChI is InChI=1S/C16H21N5O2S.ClH/c1-17-14(12-10-18-19(2)11-12)16(23)21-7-5-20(6-8-21)15(22)13-4-3-9-24-13;/h3-4,9-11,14,17H,5-8H2,1-2H3;1H. The number of halogens is 1. The maximum Gasteiger partial charge on any atom is 0.264 e. The molecular weight excluding hydrogens is 362 g/mol. The van der Waals surface area contributed by atoms with Crippen molar-refractivity contribution in [2.45, 2.75) is 6.04 Å². The number of nitrogens with zero attached hydrogens (tertiary/aromatic N) is 4. The molecule has 7 nitrogen and oxygen atoms in total. The molecule has 1 atom stereocenters. The number of aromatic nitrogens is 2. The molecule has 3 heterocycles. The number of thiophene rings is 1. The van der Waals surface area contributed by atoms with Crippen LogP contribution in [0.2, 0.25) is 0 Å². The van der Waals surface area contributed by atoms with Crippen LogP contribution in [0, 0.1) is 0 Å². The molecule has 1 aliphatic rings. The SMILES string of the molecule is CNC(C(=O)N1CCN(C(=O)c2cccs2)CC1)c1cnn(C)c1.Cl. The Labute approximate surface area is 157 Å². The molecule has 1 saturated heterocycles. The van der Waals surface area contributed by atoms with Crippen molar-refractivity contribution in [2.24, 2.45) is 7.05 Å². The van der Waals surface area contributed by atoms with Crippen LogP contribution in [0.25, 0.3) is 0 Å². The van der Waals surface area contributed by atoms with E-state index in [2.05, 4.69) is 10.4 Å². The second-order valence-corrected chi connectivity index (χ2v) is 6.71. The summed E-state index contributed by atoms with van der Waals surface area (Å²) in [5.74, 6) is 0.0725. The first-order valence-electron chi connectivity index (χ1n) is 7.87. The van der Waals surface area contributed by atoms with Crippen molar-refractivity contribution in [3.63, 3.8) is 0 Å². The van der Waals surface area contributed by atoms with Gasteiger partial charge in [-0.25, -0.2) is 0 Å². The van der Waals surface area contributed by atoms with E-state index in [1.165, 1.54) is 11.3 Å². The molecule has 0 saturated carbocycles. The largest absolute Gasteiger partial charge is 0.337 e. The van der Waals surface area contributed by atoms with Crippen LogP contribution < -0.4 is 5.32 Å². The lowest BCUT2D eigenvalue weighted by Crippen LogP contribution is -2.52. The van der Waals surface area contributed by atoms with Crippen molar-refractivity contribution < 1.29 is 9.59 Å². The zero-order valence-electron chi connectivity index (χ0n) is 14.2. The second-order valence-electron chi connectivity index (χ2n) is 5.76. The highest BCUT2D eigenvalue weighted by Crippen LogP contribution is 2.18. The first-order valence-corrected chi connectivity index (χ1v) is 8.75. The molecule has 2 aromatic heterocycles. The van der Waals surface area contributed by atoms with Gasteiger partial charge in [0.25, 0.3) is 5.91 Å². The average molecular weight is 384 g/mol. The van der Waals surface area contributed by atoms with Crippen LogP contribution in [0.4, 0.5) is 0 Å². The highest BCUT2D eigenvalue weighted by atomic mass is 35.5. The lowest BCUT2D eigenvalue weighted by atomic mass is 10.1. The predicted octanol–water partition coefficient (Wildman–Crippen LogP) is 1.15. The van der Waals surface area contributed by atoms with Crippen LogP contribution in [0.1, 0.15) is 21.3 Å². The molecule has 9 heteroatoms. The minimum Gasteiger partial charge on any atom is -0.337 e. The summed E-state index contributed by atoms with van der Waals surface area (Å²) < 4.78 is 1.69. The van der Waals surface area contributed by atoms with Crippen LogP contribution in [0.5, 0.6) is 0 Å². The number of piperazine rings is 1. The molecule has 136 valence electrons. The van der Waals surface area contributed by atoms with Gasteiger partial charge in [-0.15, -0.1) is 23.7 Å². The summed E-state index contributed by atoms with van der Waals surface area (Å²) in [7, 11) is 3.60. The Morgan fingerprint density at radius 1 is 1.24 bits per heavy atom. The first-order chi connectivity index (χ1) is 11.6. The number of amides is 2. The average Bonchev–Trinajstić information content (AvgIpc) is 3.27. The van der Waals surface area contributed by atoms with E-state index in [1.807, 2.05) is 40.6 Å². The van der Waals surface area contributed by atoms with E-state index in [-0.39, 0.29) is 24.2 Å². The molecule has 2 amide bonds. The summed E-state index contributed by atoms with van der Waals surface area (Å²) in [5, 5.41) is 9.09. The third-order valence-electron chi connectivity index (χ3n) is 4.20. The van der Waals surface area contributed by atoms with Gasteiger partial charge in [-0.2, -0.15) is 5.10 Å². The van der Waals surface area contributed by atoms with E-state index in [9.17, 15) is 9.59 Å². The molecule has 1 fully saturated rings. The second kappa shape index (κ2) is 8.46. The summed E-state index contributed by atoms with van der Waals surface area (Å²) in [4.78, 5) is 29.5. The predicted molar refractivity (Wildman–Crippen MR) is 99.1 cm³/mol. The monoisotopic (exact) mass is 383 g/mol. The Kier molecular flexibility index (Phi) is 6.57. The lowest BCUT2D eigenvalue weighted by molar-refractivity contribution is -0.135. The molecule has 2 aromatic rings. The van der Waals surface area contributed by atoms with Crippen LogP contribution >= 0.6 is 23.7 Å². The van der Waals surface area contributed by atoms with Crippen LogP contribution in [-0.4, -0.2) is 64.6 Å². The quantitative estimate of drug-likeness (QED) is 0.859. The van der Waals surface area contributed by atoms with Gasteiger partial charge in [0.05, 0.1) is 11.1 Å². The number of nitrogens with one attached hydrogen (secondary N) is 1. The maximum absolute atomic E-state index is 12.8. The summed E-state index contributed by atoms with van der Waals surface area (Å²) >= 11 is 1.45. The maximum atomic E-state index is 12.8. The molecule has 1 N–H and O–H groups in total. The summed E-state index contributed by atoms with van der Waals surface area (Å²) in [6.45, 7) is 2.22. The van der Waals surface area contributed by atoms with Gasteiger partial charge >= 0.3 is 0 Å². The van der Waals surface area contributed by atoms with E-state index in [4.69, 9.17) is 0 Å². The number of rotatable bonds is 4. The van der Waals surface area contributed by atoms with Crippen molar-refractivity contribution in [3.05, 3.63) is 40.3 Å². The van der Waals surface area contributed by atoms with Crippen molar-refractivity contribution in [2.75, 3.05) is 33.2 Å². The fourth-order valence-electron chi connectivity index (χ4n) is 2.89. The molecule has 1 unspecified atom stereocenters. The van der Waals surface area contributed by atoms with Gasteiger partial charge in [0.2, 0.25) is 5.91 Å². The van der Waals surface area contributed by atoms with Gasteiger partial charge in [-0.3, -0.25) is 14.3 Å². The van der Waals surface area contributed by atoms with Gasteiger partial charge in [-0.05, 0) is 18.5 Å². The molecule has 0 bridgehead atoms. The van der Waals surface area contributed by atoms with Crippen LogP contribution in [-0.2, 0) is 11.8 Å². The fraction of sp³-hybridized carbons (Fsp3) is 0.438. The summed E-state index contributed by atoms with van der Waals surface area (Å²) in [5.41, 5.74) is 0.849. The van der Waals surface area contributed by atoms with Crippen molar-refractivity contribution in [3.8, 4) is 0 Å². The van der Waals surface area contributed by atoms with Gasteiger partial charge in [0, 0.05) is 45.0 Å². The van der Waals surface area contributed by atoms with E-state index in [1.54, 1.807) is 17.9 Å². The molecule has 3 rings (SSSR count). The minimum atomic E-state index is -0.404. The normalized spacial score (nSPS) is 15.6. The Bertz CT molecular complexity index is 710. The molecule has 0 radical (unpaired) electrons. The summed E-state index contributed by atoms with van der Waals surface area (Å²) in [6, 6.07) is 3.31. The van der Waals surface area contributed by atoms with Crippen LogP contribution in [0.3, 0.4) is 0 Å². The highest BCUT2D eigenvalue weighted by molar-refractivity contribution is 7.12. The fourth-order valence-corrected chi connectivity index (χ4v) is 3.58. The molecular formula is C16H22ClN5O2S. The minimum absolute atomic E-state index is 0. The third-order valence-corrected chi connectivity index (χ3v) is 5.06. The highest BCUT2D eigenvalue weighted by Gasteiger charge is 2.30. The zero-order chi connectivity index (χ0) is 17.1. The van der Waals surface area contributed by atoms with E-state index >= 15 is 0 Å². The number of aryl methyl sites for hydroxylation is 1. The molecule has 0 aromatic carbocycles. The molecule has 1 aliphatic heterocycles. The smallest absolute Gasteiger partial charge is 0.264 e. The van der Waals surface area contributed by atoms with Gasteiger partial charge in [0.15, 0.2) is 0 Å². The first kappa shape index (κ1) is 19.4. The Balaban J connectivity index is 0.00000225. The number of carbonyl (C=O) groups is 2. The van der Waals surface area contributed by atoms with Crippen LogP contribution in [0.15, 0.2) is 29.9 Å². The Morgan fingerprint density at radius 3 is 2.44 bits per heavy atom. The lowest BCUT2D eigenvalue weighted by Gasteiger charge is -2.36. The van der Waals surface area contributed by atoms with E-state index in [0.29, 0.717) is 26.2 Å². The van der Waals surface area contributed by atoms with Crippen molar-refractivity contribution in [1.82, 2.24) is 24.9 Å². The van der Waals surface area contributed by atoms with E-state index < -0.39 is 6.04 Å². The van der Waals surface area contributed by atoms with Gasteiger partial charge in [0.1, 0.15) is 6.04 Å². The topological polar surface area (TPSA) is 70.5 Å². The van der Waals surface area contributed by atoms with Crippen molar-refractivity contribution in [1.29, 1.82) is 0 Å². The number of hydrogen-bond acceptors (Lipinski definition) is 5. The van der Waals surface area contributed by atoms with Crippen molar-refractivity contribution >= 4 is 35.6 Å². The molecule has 0 spiro atoms. The summed E-state index contributed by atoms with van der Waals surface area (Å²) in [6.07, 6.45) is 3.55. The number of likely N-dealkylation sites (N-methyl/N-ethyl adjacent to an activating group) is 1. The zero-order valence-corrected chi connectivity index (χ0v) is 15.8. The Hall–Kier alpha value is -1.90. The number of hydrogen-bond donors (Lipinski definition) is 1. The third kappa shape index (κ3) is 4.20. The van der Waals surface area contributed by atoms with Gasteiger partial charge < -0.3 is 15.1 Å².